The lowest BCUT2D eigenvalue weighted by Gasteiger charge is -2.61. The Morgan fingerprint density at radius 2 is 1.89 bits per heavy atom. The van der Waals surface area contributed by atoms with Crippen molar-refractivity contribution in [2.45, 2.75) is 52.5 Å². The molecule has 0 spiro atoms. The van der Waals surface area contributed by atoms with Crippen molar-refractivity contribution in [3.05, 3.63) is 35.4 Å². The first-order chi connectivity index (χ1) is 8.44. The molecule has 0 aromatic heterocycles. The predicted molar refractivity (Wildman–Crippen MR) is 73.2 cm³/mol. The highest BCUT2D eigenvalue weighted by atomic mass is 16.6. The minimum absolute atomic E-state index is 0.0266. The fraction of sp³-hybridized carbons (Fsp3) is 0.625. The highest BCUT2D eigenvalue weighted by Gasteiger charge is 2.59. The number of fused-ring (bicyclic) bond motifs is 1. The Labute approximate surface area is 110 Å². The van der Waals surface area contributed by atoms with Gasteiger partial charge in [-0.15, -0.1) is 0 Å². The Bertz CT molecular complexity index is 462. The van der Waals surface area contributed by atoms with Gasteiger partial charge in [-0.3, -0.25) is 5.32 Å². The molecule has 1 fully saturated rings. The summed E-state index contributed by atoms with van der Waals surface area (Å²) >= 11 is 0. The Morgan fingerprint density at radius 1 is 1.22 bits per heavy atom. The highest BCUT2D eigenvalue weighted by molar-refractivity contribution is 5.31. The molecule has 3 aliphatic heterocycles. The van der Waals surface area contributed by atoms with E-state index >= 15 is 0 Å². The van der Waals surface area contributed by atoms with Crippen LogP contribution in [0.1, 0.15) is 38.8 Å². The fourth-order valence-electron chi connectivity index (χ4n) is 3.55. The molecule has 2 heteroatoms. The van der Waals surface area contributed by atoms with Crippen molar-refractivity contribution in [2.75, 3.05) is 0 Å². The van der Waals surface area contributed by atoms with E-state index in [-0.39, 0.29) is 17.2 Å². The molecule has 98 valence electrons. The number of nitrogens with one attached hydrogen (secondary N) is 1. The zero-order valence-electron chi connectivity index (χ0n) is 11.8. The van der Waals surface area contributed by atoms with Gasteiger partial charge in [0.05, 0.1) is 5.60 Å². The molecule has 2 bridgehead atoms. The van der Waals surface area contributed by atoms with Crippen LogP contribution in [0.25, 0.3) is 0 Å². The van der Waals surface area contributed by atoms with Crippen molar-refractivity contribution < 1.29 is 4.74 Å². The van der Waals surface area contributed by atoms with Gasteiger partial charge in [-0.2, -0.15) is 0 Å². The van der Waals surface area contributed by atoms with Crippen molar-refractivity contribution in [1.82, 2.24) is 5.32 Å². The molecule has 18 heavy (non-hydrogen) atoms. The topological polar surface area (TPSA) is 21.3 Å². The first-order valence-electron chi connectivity index (χ1n) is 6.92. The Hall–Kier alpha value is -0.860. The minimum atomic E-state index is -0.0266. The van der Waals surface area contributed by atoms with Gasteiger partial charge in [-0.05, 0) is 16.5 Å². The third kappa shape index (κ3) is 1.55. The maximum atomic E-state index is 6.29. The van der Waals surface area contributed by atoms with Gasteiger partial charge >= 0.3 is 0 Å². The third-order valence-electron chi connectivity index (χ3n) is 4.86. The lowest BCUT2D eigenvalue weighted by Crippen LogP contribution is -2.71. The van der Waals surface area contributed by atoms with Crippen molar-refractivity contribution in [1.29, 1.82) is 0 Å². The minimum Gasteiger partial charge on any atom is -0.355 e. The number of hydrogen-bond donors (Lipinski definition) is 1. The van der Waals surface area contributed by atoms with E-state index in [2.05, 4.69) is 57.3 Å². The SMILES string of the molecule is CC1C2NCc3ccccc3CC1(C(C)(C)C)O2. The normalized spacial score (nSPS) is 35.1. The molecule has 1 saturated heterocycles. The van der Waals surface area contributed by atoms with Gasteiger partial charge in [0.1, 0.15) is 6.23 Å². The first kappa shape index (κ1) is 12.2. The summed E-state index contributed by atoms with van der Waals surface area (Å²) in [4.78, 5) is 0. The lowest BCUT2D eigenvalue weighted by atomic mass is 9.61. The van der Waals surface area contributed by atoms with Gasteiger partial charge in [0.2, 0.25) is 0 Å². The molecule has 3 atom stereocenters. The largest absolute Gasteiger partial charge is 0.355 e. The Balaban J connectivity index is 2.04. The second-order valence-electron chi connectivity index (χ2n) is 6.79. The van der Waals surface area contributed by atoms with Crippen molar-refractivity contribution in [3.8, 4) is 0 Å². The van der Waals surface area contributed by atoms with Crippen molar-refractivity contribution in [2.24, 2.45) is 11.3 Å². The molecule has 0 saturated carbocycles. The molecule has 1 aromatic rings. The zero-order valence-corrected chi connectivity index (χ0v) is 11.8. The van der Waals surface area contributed by atoms with Crippen LogP contribution >= 0.6 is 0 Å². The van der Waals surface area contributed by atoms with Gasteiger partial charge in [-0.1, -0.05) is 52.0 Å². The molecule has 3 aliphatic rings. The Kier molecular flexibility index (Phi) is 2.58. The Morgan fingerprint density at radius 3 is 2.50 bits per heavy atom. The fourth-order valence-corrected chi connectivity index (χ4v) is 3.55. The van der Waals surface area contributed by atoms with Crippen LogP contribution in [0, 0.1) is 11.3 Å². The van der Waals surface area contributed by atoms with Crippen LogP contribution in [0.2, 0.25) is 0 Å². The summed E-state index contributed by atoms with van der Waals surface area (Å²) in [7, 11) is 0. The molecule has 1 N–H and O–H groups in total. The summed E-state index contributed by atoms with van der Waals surface area (Å²) in [5.74, 6) is 0.561. The smallest absolute Gasteiger partial charge is 0.114 e. The molecular formula is C16H23NO. The predicted octanol–water partition coefficient (Wildman–Crippen LogP) is 3.11. The molecule has 0 amide bonds. The maximum absolute atomic E-state index is 6.29. The van der Waals surface area contributed by atoms with Crippen LogP contribution in [0.15, 0.2) is 24.3 Å². The van der Waals surface area contributed by atoms with E-state index in [0.717, 1.165) is 13.0 Å². The van der Waals surface area contributed by atoms with Gasteiger partial charge in [0.15, 0.2) is 0 Å². The summed E-state index contributed by atoms with van der Waals surface area (Å²) in [6.45, 7) is 10.1. The molecule has 3 heterocycles. The van der Waals surface area contributed by atoms with Crippen LogP contribution in [-0.4, -0.2) is 11.8 Å². The van der Waals surface area contributed by atoms with Crippen LogP contribution in [0.3, 0.4) is 0 Å². The van der Waals surface area contributed by atoms with E-state index < -0.39 is 0 Å². The monoisotopic (exact) mass is 245 g/mol. The third-order valence-corrected chi connectivity index (χ3v) is 4.86. The van der Waals surface area contributed by atoms with E-state index in [1.165, 1.54) is 11.1 Å². The standard InChI is InChI=1S/C16H23NO/c1-11-14-17-10-13-8-6-5-7-12(13)9-16(11,18-14)15(2,3)4/h5-8,11,14,17H,9-10H2,1-4H3. The number of ether oxygens (including phenoxy) is 1. The maximum Gasteiger partial charge on any atom is 0.114 e. The average molecular weight is 245 g/mol. The molecule has 4 rings (SSSR count). The van der Waals surface area contributed by atoms with E-state index in [0.29, 0.717) is 5.92 Å². The van der Waals surface area contributed by atoms with Gasteiger partial charge in [0.25, 0.3) is 0 Å². The van der Waals surface area contributed by atoms with Gasteiger partial charge in [0, 0.05) is 18.9 Å². The molecule has 2 nitrogen and oxygen atoms in total. The molecule has 0 radical (unpaired) electrons. The van der Waals surface area contributed by atoms with Crippen molar-refractivity contribution >= 4 is 0 Å². The van der Waals surface area contributed by atoms with Gasteiger partial charge in [-0.25, -0.2) is 0 Å². The highest BCUT2D eigenvalue weighted by Crippen LogP contribution is 2.52. The molecule has 1 aromatic carbocycles. The summed E-state index contributed by atoms with van der Waals surface area (Å²) in [5.41, 5.74) is 2.99. The van der Waals surface area contributed by atoms with E-state index in [1.807, 2.05) is 0 Å². The van der Waals surface area contributed by atoms with E-state index in [9.17, 15) is 0 Å². The summed E-state index contributed by atoms with van der Waals surface area (Å²) in [6, 6.07) is 8.74. The summed E-state index contributed by atoms with van der Waals surface area (Å²) in [5, 5.41) is 3.53. The molecule has 0 aliphatic carbocycles. The number of rotatable bonds is 0. The van der Waals surface area contributed by atoms with Crippen LogP contribution in [0.5, 0.6) is 0 Å². The first-order valence-corrected chi connectivity index (χ1v) is 6.92. The van der Waals surface area contributed by atoms with E-state index in [1.54, 1.807) is 0 Å². The van der Waals surface area contributed by atoms with E-state index in [4.69, 9.17) is 4.74 Å². The van der Waals surface area contributed by atoms with Gasteiger partial charge < -0.3 is 4.74 Å². The second-order valence-corrected chi connectivity index (χ2v) is 6.79. The quantitative estimate of drug-likeness (QED) is 0.758. The number of benzene rings is 1. The van der Waals surface area contributed by atoms with Crippen LogP contribution < -0.4 is 5.32 Å². The van der Waals surface area contributed by atoms with Crippen molar-refractivity contribution in [3.63, 3.8) is 0 Å². The number of hydrogen-bond acceptors (Lipinski definition) is 2. The summed E-state index contributed by atoms with van der Waals surface area (Å²) < 4.78 is 6.29. The molecule has 3 unspecified atom stereocenters. The van der Waals surface area contributed by atoms with Crippen LogP contribution in [-0.2, 0) is 17.7 Å². The zero-order chi connectivity index (χ0) is 13.0. The molecular weight excluding hydrogens is 222 g/mol. The average Bonchev–Trinajstić information content (AvgIpc) is 2.27. The summed E-state index contributed by atoms with van der Waals surface area (Å²) in [6.07, 6.45) is 1.25. The lowest BCUT2D eigenvalue weighted by molar-refractivity contribution is -0.309. The van der Waals surface area contributed by atoms with Crippen LogP contribution in [0.4, 0.5) is 0 Å². The second kappa shape index (κ2) is 3.82.